The summed E-state index contributed by atoms with van der Waals surface area (Å²) < 4.78 is 14.7. The Labute approximate surface area is 154 Å². The van der Waals surface area contributed by atoms with Gasteiger partial charge >= 0.3 is 0 Å². The Morgan fingerprint density at radius 3 is 2.85 bits per heavy atom. The minimum Gasteiger partial charge on any atom is -0.352 e. The van der Waals surface area contributed by atoms with Crippen molar-refractivity contribution in [2.45, 2.75) is 19.4 Å². The second-order valence-electron chi connectivity index (χ2n) is 6.42. The van der Waals surface area contributed by atoms with E-state index >= 15 is 0 Å². The highest BCUT2D eigenvalue weighted by Crippen LogP contribution is 2.32. The summed E-state index contributed by atoms with van der Waals surface area (Å²) in [5.74, 6) is -0.187. The molecule has 1 aromatic carbocycles. The first-order chi connectivity index (χ1) is 12.7. The molecule has 0 spiro atoms. The molecule has 4 rings (SSSR count). The molecule has 0 aliphatic carbocycles. The molecular weight excluding hydrogens is 351 g/mol. The van der Waals surface area contributed by atoms with Crippen molar-refractivity contribution >= 4 is 32.6 Å². The van der Waals surface area contributed by atoms with E-state index in [0.717, 1.165) is 41.3 Å². The molecule has 1 aliphatic heterocycles. The van der Waals surface area contributed by atoms with E-state index in [2.05, 4.69) is 20.2 Å². The van der Waals surface area contributed by atoms with Crippen molar-refractivity contribution in [3.8, 4) is 0 Å². The average molecular weight is 370 g/mol. The SMILES string of the molecule is O=C(NCc1cccnc1)C1CCN(c2nc3c(F)cccc3s2)CC1. The number of thiazole rings is 1. The Kier molecular flexibility index (Phi) is 4.79. The number of carbonyl (C=O) groups is 1. The highest BCUT2D eigenvalue weighted by atomic mass is 32.1. The van der Waals surface area contributed by atoms with Gasteiger partial charge in [0.15, 0.2) is 5.13 Å². The van der Waals surface area contributed by atoms with E-state index in [1.807, 2.05) is 18.2 Å². The van der Waals surface area contributed by atoms with Gasteiger partial charge in [-0.15, -0.1) is 0 Å². The van der Waals surface area contributed by atoms with Crippen molar-refractivity contribution in [3.05, 3.63) is 54.1 Å². The Morgan fingerprint density at radius 2 is 2.12 bits per heavy atom. The number of carbonyl (C=O) groups excluding carboxylic acids is 1. The van der Waals surface area contributed by atoms with Gasteiger partial charge in [-0.3, -0.25) is 9.78 Å². The predicted octanol–water partition coefficient (Wildman–Crippen LogP) is 3.36. The molecule has 7 heteroatoms. The highest BCUT2D eigenvalue weighted by Gasteiger charge is 2.26. The van der Waals surface area contributed by atoms with Crippen molar-refractivity contribution in [3.63, 3.8) is 0 Å². The van der Waals surface area contributed by atoms with Gasteiger partial charge in [0.25, 0.3) is 0 Å². The van der Waals surface area contributed by atoms with Gasteiger partial charge in [0.2, 0.25) is 5.91 Å². The minimum atomic E-state index is -0.283. The summed E-state index contributed by atoms with van der Waals surface area (Å²) in [6.45, 7) is 2.02. The van der Waals surface area contributed by atoms with E-state index in [1.165, 1.54) is 17.4 Å². The normalized spacial score (nSPS) is 15.3. The summed E-state index contributed by atoms with van der Waals surface area (Å²) in [6.07, 6.45) is 5.03. The maximum Gasteiger partial charge on any atom is 0.223 e. The number of halogens is 1. The van der Waals surface area contributed by atoms with Crippen LogP contribution in [-0.2, 0) is 11.3 Å². The first-order valence-corrected chi connectivity index (χ1v) is 9.49. The van der Waals surface area contributed by atoms with Crippen molar-refractivity contribution in [2.24, 2.45) is 5.92 Å². The third-order valence-corrected chi connectivity index (χ3v) is 5.77. The van der Waals surface area contributed by atoms with Crippen LogP contribution < -0.4 is 10.2 Å². The van der Waals surface area contributed by atoms with Crippen molar-refractivity contribution < 1.29 is 9.18 Å². The standard InChI is InChI=1S/C19H19FN4OS/c20-15-4-1-5-16-17(15)23-19(26-16)24-9-6-14(7-10-24)18(25)22-12-13-3-2-8-21-11-13/h1-5,8,11,14H,6-7,9-10,12H2,(H,22,25). The number of anilines is 1. The number of amides is 1. The number of nitrogens with zero attached hydrogens (tertiary/aromatic N) is 3. The first kappa shape index (κ1) is 16.9. The zero-order chi connectivity index (χ0) is 17.9. The molecule has 1 amide bonds. The summed E-state index contributed by atoms with van der Waals surface area (Å²) in [5, 5.41) is 3.82. The maximum atomic E-state index is 13.8. The Morgan fingerprint density at radius 1 is 1.27 bits per heavy atom. The Bertz CT molecular complexity index is 906. The van der Waals surface area contributed by atoms with E-state index in [-0.39, 0.29) is 17.6 Å². The molecule has 0 atom stereocenters. The molecule has 1 saturated heterocycles. The van der Waals surface area contributed by atoms with Crippen LogP contribution in [0.5, 0.6) is 0 Å². The first-order valence-electron chi connectivity index (χ1n) is 8.67. The largest absolute Gasteiger partial charge is 0.352 e. The van der Waals surface area contributed by atoms with Gasteiger partial charge in [0.1, 0.15) is 11.3 Å². The van der Waals surface area contributed by atoms with Gasteiger partial charge < -0.3 is 10.2 Å². The van der Waals surface area contributed by atoms with E-state index < -0.39 is 0 Å². The fraction of sp³-hybridized carbons (Fsp3) is 0.316. The second kappa shape index (κ2) is 7.37. The summed E-state index contributed by atoms with van der Waals surface area (Å²) in [6, 6.07) is 8.84. The number of rotatable bonds is 4. The molecule has 5 nitrogen and oxygen atoms in total. The van der Waals surface area contributed by atoms with Crippen molar-refractivity contribution in [2.75, 3.05) is 18.0 Å². The van der Waals surface area contributed by atoms with Crippen LogP contribution in [-0.4, -0.2) is 29.0 Å². The van der Waals surface area contributed by atoms with Crippen LogP contribution in [0.15, 0.2) is 42.7 Å². The fourth-order valence-corrected chi connectivity index (χ4v) is 4.24. The maximum absolute atomic E-state index is 13.8. The molecular formula is C19H19FN4OS. The number of fused-ring (bicyclic) bond motifs is 1. The molecule has 3 heterocycles. The lowest BCUT2D eigenvalue weighted by Crippen LogP contribution is -2.40. The van der Waals surface area contributed by atoms with Gasteiger partial charge in [-0.2, -0.15) is 0 Å². The summed E-state index contributed by atoms with van der Waals surface area (Å²) in [7, 11) is 0. The van der Waals surface area contributed by atoms with Gasteiger partial charge in [-0.1, -0.05) is 23.5 Å². The monoisotopic (exact) mass is 370 g/mol. The third-order valence-electron chi connectivity index (χ3n) is 4.68. The van der Waals surface area contributed by atoms with Gasteiger partial charge in [0.05, 0.1) is 4.70 Å². The topological polar surface area (TPSA) is 58.1 Å². The number of piperidine rings is 1. The van der Waals surface area contributed by atoms with Crippen LogP contribution in [0.4, 0.5) is 9.52 Å². The van der Waals surface area contributed by atoms with E-state index in [0.29, 0.717) is 12.1 Å². The van der Waals surface area contributed by atoms with Crippen molar-refractivity contribution in [1.29, 1.82) is 0 Å². The number of hydrogen-bond donors (Lipinski definition) is 1. The third kappa shape index (κ3) is 3.53. The Balaban J connectivity index is 1.34. The highest BCUT2D eigenvalue weighted by molar-refractivity contribution is 7.22. The number of para-hydroxylation sites is 1. The van der Waals surface area contributed by atoms with Crippen LogP contribution in [0.3, 0.4) is 0 Å². The molecule has 1 aliphatic rings. The summed E-state index contributed by atoms with van der Waals surface area (Å²) in [5.41, 5.74) is 1.43. The molecule has 3 aromatic rings. The molecule has 0 saturated carbocycles. The lowest BCUT2D eigenvalue weighted by atomic mass is 9.96. The van der Waals surface area contributed by atoms with Crippen LogP contribution in [0.25, 0.3) is 10.2 Å². The molecule has 134 valence electrons. The van der Waals surface area contributed by atoms with Crippen LogP contribution in [0.1, 0.15) is 18.4 Å². The number of benzene rings is 1. The summed E-state index contributed by atoms with van der Waals surface area (Å²) >= 11 is 1.50. The number of hydrogen-bond acceptors (Lipinski definition) is 5. The zero-order valence-corrected chi connectivity index (χ0v) is 15.0. The van der Waals surface area contributed by atoms with Crippen LogP contribution in [0, 0.1) is 11.7 Å². The quantitative estimate of drug-likeness (QED) is 0.765. The molecule has 2 aromatic heterocycles. The minimum absolute atomic E-state index is 0.00837. The molecule has 0 unspecified atom stereocenters. The van der Waals surface area contributed by atoms with Gasteiger partial charge in [-0.25, -0.2) is 9.37 Å². The smallest absolute Gasteiger partial charge is 0.223 e. The van der Waals surface area contributed by atoms with Crippen LogP contribution >= 0.6 is 11.3 Å². The Hall–Kier alpha value is -2.54. The number of pyridine rings is 1. The van der Waals surface area contributed by atoms with E-state index in [9.17, 15) is 9.18 Å². The van der Waals surface area contributed by atoms with Crippen LogP contribution in [0.2, 0.25) is 0 Å². The predicted molar refractivity (Wildman–Crippen MR) is 101 cm³/mol. The van der Waals surface area contributed by atoms with Gasteiger partial charge in [-0.05, 0) is 36.6 Å². The van der Waals surface area contributed by atoms with E-state index in [4.69, 9.17) is 0 Å². The molecule has 1 N–H and O–H groups in total. The number of aromatic nitrogens is 2. The van der Waals surface area contributed by atoms with Gasteiger partial charge in [0, 0.05) is 37.9 Å². The lowest BCUT2D eigenvalue weighted by molar-refractivity contribution is -0.125. The van der Waals surface area contributed by atoms with Crippen molar-refractivity contribution in [1.82, 2.24) is 15.3 Å². The fourth-order valence-electron chi connectivity index (χ4n) is 3.21. The zero-order valence-electron chi connectivity index (χ0n) is 14.2. The summed E-state index contributed by atoms with van der Waals surface area (Å²) in [4.78, 5) is 23.0. The average Bonchev–Trinajstić information content (AvgIpc) is 3.13. The number of nitrogens with one attached hydrogen (secondary N) is 1. The molecule has 26 heavy (non-hydrogen) atoms. The van der Waals surface area contributed by atoms with E-state index in [1.54, 1.807) is 18.5 Å². The molecule has 0 radical (unpaired) electrons. The second-order valence-corrected chi connectivity index (χ2v) is 7.43. The molecule has 1 fully saturated rings. The molecule has 0 bridgehead atoms. The lowest BCUT2D eigenvalue weighted by Gasteiger charge is -2.31.